The van der Waals surface area contributed by atoms with Crippen LogP contribution in [0.3, 0.4) is 0 Å². The van der Waals surface area contributed by atoms with E-state index in [0.717, 1.165) is 5.69 Å². The van der Waals surface area contributed by atoms with Gasteiger partial charge in [0.2, 0.25) is 0 Å². The summed E-state index contributed by atoms with van der Waals surface area (Å²) < 4.78 is 5.10. The first kappa shape index (κ1) is 13.9. The number of carbonyl (C=O) groups excluding carboxylic acids is 1. The third-order valence-electron chi connectivity index (χ3n) is 2.96. The Bertz CT molecular complexity index is 619. The van der Waals surface area contributed by atoms with Gasteiger partial charge in [-0.2, -0.15) is 5.10 Å². The van der Waals surface area contributed by atoms with Crippen LogP contribution in [0.2, 0.25) is 0 Å². The predicted octanol–water partition coefficient (Wildman–Crippen LogP) is 2.38. The van der Waals surface area contributed by atoms with Crippen molar-refractivity contribution in [2.24, 2.45) is 0 Å². The Morgan fingerprint density at radius 3 is 2.75 bits per heavy atom. The number of nitrogens with two attached hydrogens (primary N) is 1. The molecule has 0 bridgehead atoms. The van der Waals surface area contributed by atoms with Crippen LogP contribution in [0.1, 0.15) is 35.9 Å². The topological polar surface area (TPSA) is 93.0 Å². The maximum Gasteiger partial charge on any atom is 0.276 e. The van der Waals surface area contributed by atoms with E-state index in [4.69, 9.17) is 10.5 Å². The van der Waals surface area contributed by atoms with Gasteiger partial charge < -0.3 is 15.8 Å². The average Bonchev–Trinajstić information content (AvgIpc) is 2.91. The van der Waals surface area contributed by atoms with Crippen molar-refractivity contribution in [1.82, 2.24) is 10.2 Å². The van der Waals surface area contributed by atoms with E-state index < -0.39 is 0 Å². The summed E-state index contributed by atoms with van der Waals surface area (Å²) in [6, 6.07) is 6.81. The average molecular weight is 274 g/mol. The lowest BCUT2D eigenvalue weighted by Crippen LogP contribution is -2.13. The second-order valence-electron chi connectivity index (χ2n) is 4.77. The Hall–Kier alpha value is -2.50. The fourth-order valence-corrected chi connectivity index (χ4v) is 1.71. The largest absolute Gasteiger partial charge is 0.497 e. The van der Waals surface area contributed by atoms with Crippen LogP contribution >= 0.6 is 0 Å². The first-order valence-electron chi connectivity index (χ1n) is 6.31. The Kier molecular flexibility index (Phi) is 3.93. The fraction of sp³-hybridized carbons (Fsp3) is 0.286. The molecule has 6 nitrogen and oxygen atoms in total. The molecule has 4 N–H and O–H groups in total. The van der Waals surface area contributed by atoms with Gasteiger partial charge in [-0.05, 0) is 24.1 Å². The smallest absolute Gasteiger partial charge is 0.276 e. The molecule has 0 spiro atoms. The first-order valence-corrected chi connectivity index (χ1v) is 6.31. The normalized spacial score (nSPS) is 10.6. The Labute approximate surface area is 117 Å². The lowest BCUT2D eigenvalue weighted by molar-refractivity contribution is 0.102. The second-order valence-corrected chi connectivity index (χ2v) is 4.77. The van der Waals surface area contributed by atoms with Crippen molar-refractivity contribution in [3.05, 3.63) is 35.7 Å². The number of hydrogen-bond acceptors (Lipinski definition) is 4. The number of nitrogens with zero attached hydrogens (tertiary/aromatic N) is 1. The van der Waals surface area contributed by atoms with Crippen LogP contribution < -0.4 is 15.8 Å². The maximum atomic E-state index is 12.1. The molecule has 0 atom stereocenters. The Balaban J connectivity index is 2.18. The molecule has 1 aromatic carbocycles. The van der Waals surface area contributed by atoms with E-state index in [9.17, 15) is 4.79 Å². The summed E-state index contributed by atoms with van der Waals surface area (Å²) in [4.78, 5) is 12.1. The van der Waals surface area contributed by atoms with Crippen LogP contribution in [0.4, 0.5) is 11.4 Å². The van der Waals surface area contributed by atoms with Gasteiger partial charge in [-0.25, -0.2) is 0 Å². The van der Waals surface area contributed by atoms with E-state index in [1.54, 1.807) is 31.4 Å². The summed E-state index contributed by atoms with van der Waals surface area (Å²) in [7, 11) is 1.56. The molecule has 1 aromatic heterocycles. The zero-order valence-electron chi connectivity index (χ0n) is 11.7. The monoisotopic (exact) mass is 274 g/mol. The van der Waals surface area contributed by atoms with Gasteiger partial charge >= 0.3 is 0 Å². The van der Waals surface area contributed by atoms with Crippen molar-refractivity contribution < 1.29 is 9.53 Å². The van der Waals surface area contributed by atoms with Gasteiger partial charge in [-0.3, -0.25) is 9.89 Å². The summed E-state index contributed by atoms with van der Waals surface area (Å²) in [6.07, 6.45) is 0. The van der Waals surface area contributed by atoms with Gasteiger partial charge in [0.1, 0.15) is 5.75 Å². The minimum atomic E-state index is -0.312. The summed E-state index contributed by atoms with van der Waals surface area (Å²) in [6.45, 7) is 4.05. The highest BCUT2D eigenvalue weighted by Crippen LogP contribution is 2.25. The molecule has 1 amide bonds. The van der Waals surface area contributed by atoms with Gasteiger partial charge in [0.05, 0.1) is 18.5 Å². The number of aromatic amines is 1. The van der Waals surface area contributed by atoms with Crippen LogP contribution in [0.25, 0.3) is 0 Å². The van der Waals surface area contributed by atoms with E-state index in [0.29, 0.717) is 22.8 Å². The van der Waals surface area contributed by atoms with Crippen LogP contribution in [0, 0.1) is 0 Å². The molecular formula is C14H18N4O2. The Morgan fingerprint density at radius 1 is 1.40 bits per heavy atom. The second kappa shape index (κ2) is 5.64. The van der Waals surface area contributed by atoms with Crippen LogP contribution in [-0.2, 0) is 0 Å². The van der Waals surface area contributed by atoms with E-state index in [2.05, 4.69) is 15.5 Å². The van der Waals surface area contributed by atoms with Gasteiger partial charge in [0, 0.05) is 11.8 Å². The zero-order chi connectivity index (χ0) is 14.7. The number of anilines is 2. The molecule has 106 valence electrons. The summed E-state index contributed by atoms with van der Waals surface area (Å²) in [5.41, 5.74) is 8.04. The molecule has 2 rings (SSSR count). The number of methoxy groups -OCH3 is 1. The molecule has 0 fully saturated rings. The minimum absolute atomic E-state index is 0.283. The standard InChI is InChI=1S/C14H18N4O2/c1-8(2)11-7-13(18-17-11)14(19)16-12-6-9(20-3)4-5-10(12)15/h4-8H,15H2,1-3H3,(H,16,19)(H,17,18). The maximum absolute atomic E-state index is 12.1. The molecule has 6 heteroatoms. The number of ether oxygens (including phenoxy) is 1. The molecule has 0 radical (unpaired) electrons. The SMILES string of the molecule is COc1ccc(N)c(NC(=O)c2cc(C(C)C)[nH]n2)c1. The number of rotatable bonds is 4. The predicted molar refractivity (Wildman–Crippen MR) is 78.0 cm³/mol. The van der Waals surface area contributed by atoms with E-state index >= 15 is 0 Å². The van der Waals surface area contributed by atoms with Crippen molar-refractivity contribution in [3.63, 3.8) is 0 Å². The first-order chi connectivity index (χ1) is 9.51. The number of hydrogen-bond donors (Lipinski definition) is 3. The van der Waals surface area contributed by atoms with Crippen LogP contribution in [0.5, 0.6) is 5.75 Å². The third-order valence-corrected chi connectivity index (χ3v) is 2.96. The highest BCUT2D eigenvalue weighted by Gasteiger charge is 2.13. The molecular weight excluding hydrogens is 256 g/mol. The molecule has 2 aromatic rings. The molecule has 0 aliphatic heterocycles. The fourth-order valence-electron chi connectivity index (χ4n) is 1.71. The van der Waals surface area contributed by atoms with E-state index in [-0.39, 0.29) is 11.8 Å². The summed E-state index contributed by atoms with van der Waals surface area (Å²) in [5.74, 6) is 0.596. The van der Waals surface area contributed by atoms with E-state index in [1.807, 2.05) is 13.8 Å². The molecule has 0 aliphatic rings. The number of nitrogens with one attached hydrogen (secondary N) is 2. The van der Waals surface area contributed by atoms with Crippen molar-refractivity contribution in [1.29, 1.82) is 0 Å². The zero-order valence-corrected chi connectivity index (χ0v) is 11.7. The summed E-state index contributed by atoms with van der Waals surface area (Å²) in [5, 5.41) is 9.57. The lowest BCUT2D eigenvalue weighted by atomic mass is 10.1. The van der Waals surface area contributed by atoms with Crippen molar-refractivity contribution in [2.75, 3.05) is 18.2 Å². The number of benzene rings is 1. The van der Waals surface area contributed by atoms with Gasteiger partial charge in [-0.1, -0.05) is 13.8 Å². The van der Waals surface area contributed by atoms with Gasteiger partial charge in [-0.15, -0.1) is 0 Å². The van der Waals surface area contributed by atoms with Crippen molar-refractivity contribution in [3.8, 4) is 5.75 Å². The number of amides is 1. The third kappa shape index (κ3) is 2.90. The molecule has 1 heterocycles. The quantitative estimate of drug-likeness (QED) is 0.746. The van der Waals surface area contributed by atoms with Crippen LogP contribution in [-0.4, -0.2) is 23.2 Å². The summed E-state index contributed by atoms with van der Waals surface area (Å²) >= 11 is 0. The molecule has 0 unspecified atom stereocenters. The number of carbonyl (C=O) groups is 1. The number of nitrogen functional groups attached to an aromatic ring is 1. The molecule has 20 heavy (non-hydrogen) atoms. The molecule has 0 aliphatic carbocycles. The van der Waals surface area contributed by atoms with Gasteiger partial charge in [0.15, 0.2) is 5.69 Å². The lowest BCUT2D eigenvalue weighted by Gasteiger charge is -2.08. The van der Waals surface area contributed by atoms with Gasteiger partial charge in [0.25, 0.3) is 5.91 Å². The van der Waals surface area contributed by atoms with Crippen molar-refractivity contribution in [2.45, 2.75) is 19.8 Å². The van der Waals surface area contributed by atoms with E-state index in [1.165, 1.54) is 0 Å². The number of H-pyrrole nitrogens is 1. The van der Waals surface area contributed by atoms with Crippen LogP contribution in [0.15, 0.2) is 24.3 Å². The Morgan fingerprint density at radius 2 is 2.15 bits per heavy atom. The molecule has 0 saturated carbocycles. The van der Waals surface area contributed by atoms with Crippen molar-refractivity contribution >= 4 is 17.3 Å². The highest BCUT2D eigenvalue weighted by atomic mass is 16.5. The molecule has 0 saturated heterocycles. The minimum Gasteiger partial charge on any atom is -0.497 e. The highest BCUT2D eigenvalue weighted by molar-refractivity contribution is 6.04. The number of aromatic nitrogens is 2.